The van der Waals surface area contributed by atoms with Crippen LogP contribution in [-0.4, -0.2) is 14.4 Å². The lowest BCUT2D eigenvalue weighted by molar-refractivity contribution is 1.13. The quantitative estimate of drug-likeness (QED) is 0.498. The highest BCUT2D eigenvalue weighted by atomic mass is 35.5. The summed E-state index contributed by atoms with van der Waals surface area (Å²) in [4.78, 5) is 9.85. The molecule has 1 aromatic carbocycles. The Balaban J connectivity index is 1.97. The molecule has 0 saturated heterocycles. The van der Waals surface area contributed by atoms with Gasteiger partial charge in [0.05, 0.1) is 5.02 Å². The predicted octanol–water partition coefficient (Wildman–Crippen LogP) is 5.78. The fourth-order valence-corrected chi connectivity index (χ4v) is 4.07. The van der Waals surface area contributed by atoms with Crippen molar-refractivity contribution in [3.8, 4) is 11.3 Å². The summed E-state index contributed by atoms with van der Waals surface area (Å²) < 4.78 is 2.14. The van der Waals surface area contributed by atoms with Gasteiger partial charge in [-0.15, -0.1) is 11.3 Å². The molecule has 0 aliphatic heterocycles. The fraction of sp³-hybridized carbons (Fsp3) is 0.158. The number of aromatic nitrogens is 3. The highest BCUT2D eigenvalue weighted by Crippen LogP contribution is 2.38. The third kappa shape index (κ3) is 2.69. The van der Waals surface area contributed by atoms with Crippen molar-refractivity contribution in [3.05, 3.63) is 63.9 Å². The number of hydrogen-bond donors (Lipinski definition) is 1. The SMILES string of the molecule is Cc1cccc(C)c1Nc1c(-c2ccncc2Cl)nc2scc(C)n12. The van der Waals surface area contributed by atoms with Crippen LogP contribution >= 0.6 is 22.9 Å². The molecule has 0 aliphatic carbocycles. The van der Waals surface area contributed by atoms with Crippen LogP contribution in [0.5, 0.6) is 0 Å². The minimum atomic E-state index is 0.593. The smallest absolute Gasteiger partial charge is 0.196 e. The van der Waals surface area contributed by atoms with Gasteiger partial charge in [0.1, 0.15) is 11.5 Å². The number of fused-ring (bicyclic) bond motifs is 1. The first-order valence-electron chi connectivity index (χ1n) is 7.96. The summed E-state index contributed by atoms with van der Waals surface area (Å²) in [6.07, 6.45) is 3.39. The van der Waals surface area contributed by atoms with Crippen molar-refractivity contribution in [3.63, 3.8) is 0 Å². The lowest BCUT2D eigenvalue weighted by Gasteiger charge is -2.14. The average Bonchev–Trinajstić information content (AvgIpc) is 3.12. The summed E-state index contributed by atoms with van der Waals surface area (Å²) >= 11 is 8.02. The molecule has 4 aromatic rings. The van der Waals surface area contributed by atoms with E-state index in [1.807, 2.05) is 6.07 Å². The van der Waals surface area contributed by atoms with E-state index in [2.05, 4.69) is 59.1 Å². The highest BCUT2D eigenvalue weighted by Gasteiger charge is 2.20. The standard InChI is InChI=1S/C19H17ClN4S/c1-11-5-4-6-12(2)16(11)22-18-17(14-7-8-21-9-15(14)20)23-19-24(18)13(3)10-25-19/h4-10,22H,1-3H3. The Morgan fingerprint density at radius 2 is 1.88 bits per heavy atom. The van der Waals surface area contributed by atoms with Crippen molar-refractivity contribution in [1.82, 2.24) is 14.4 Å². The summed E-state index contributed by atoms with van der Waals surface area (Å²) in [6, 6.07) is 8.18. The fourth-order valence-electron chi connectivity index (χ4n) is 3.00. The van der Waals surface area contributed by atoms with Crippen molar-refractivity contribution in [2.24, 2.45) is 0 Å². The van der Waals surface area contributed by atoms with Crippen LogP contribution in [0.15, 0.2) is 42.0 Å². The van der Waals surface area contributed by atoms with Gasteiger partial charge in [-0.05, 0) is 38.0 Å². The molecule has 4 rings (SSSR count). The minimum Gasteiger partial charge on any atom is -0.339 e. The second-order valence-corrected chi connectivity index (χ2v) is 7.30. The molecule has 1 N–H and O–H groups in total. The van der Waals surface area contributed by atoms with E-state index in [0.29, 0.717) is 5.02 Å². The van der Waals surface area contributed by atoms with Gasteiger partial charge < -0.3 is 5.32 Å². The van der Waals surface area contributed by atoms with E-state index >= 15 is 0 Å². The summed E-state index contributed by atoms with van der Waals surface area (Å²) in [6.45, 7) is 6.29. The van der Waals surface area contributed by atoms with Crippen molar-refractivity contribution < 1.29 is 0 Å². The Morgan fingerprint density at radius 3 is 2.60 bits per heavy atom. The third-order valence-corrected chi connectivity index (χ3v) is 5.53. The topological polar surface area (TPSA) is 42.2 Å². The maximum atomic E-state index is 6.39. The Morgan fingerprint density at radius 1 is 1.12 bits per heavy atom. The molecule has 0 radical (unpaired) electrons. The van der Waals surface area contributed by atoms with Gasteiger partial charge in [-0.25, -0.2) is 4.98 Å². The molecule has 0 bridgehead atoms. The lowest BCUT2D eigenvalue weighted by Crippen LogP contribution is -2.01. The van der Waals surface area contributed by atoms with Crippen LogP contribution < -0.4 is 5.32 Å². The molecule has 0 amide bonds. The van der Waals surface area contributed by atoms with Gasteiger partial charge in [-0.3, -0.25) is 9.38 Å². The van der Waals surface area contributed by atoms with E-state index in [0.717, 1.165) is 33.4 Å². The van der Waals surface area contributed by atoms with Gasteiger partial charge in [0.25, 0.3) is 0 Å². The number of pyridine rings is 1. The summed E-state index contributed by atoms with van der Waals surface area (Å²) in [5, 5.41) is 6.31. The third-order valence-electron chi connectivity index (χ3n) is 4.29. The number of para-hydroxylation sites is 1. The van der Waals surface area contributed by atoms with Crippen LogP contribution in [0.2, 0.25) is 5.02 Å². The number of nitrogens with one attached hydrogen (secondary N) is 1. The zero-order valence-corrected chi connectivity index (χ0v) is 15.7. The maximum Gasteiger partial charge on any atom is 0.196 e. The first kappa shape index (κ1) is 16.1. The second kappa shape index (κ2) is 6.17. The predicted molar refractivity (Wildman–Crippen MR) is 105 cm³/mol. The number of aryl methyl sites for hydroxylation is 3. The number of hydrogen-bond acceptors (Lipinski definition) is 4. The van der Waals surface area contributed by atoms with Gasteiger partial charge >= 0.3 is 0 Å². The van der Waals surface area contributed by atoms with E-state index in [4.69, 9.17) is 16.6 Å². The molecule has 126 valence electrons. The Labute approximate surface area is 155 Å². The number of anilines is 2. The molecule has 3 aromatic heterocycles. The molecule has 0 atom stereocenters. The average molecular weight is 369 g/mol. The molecule has 4 nitrogen and oxygen atoms in total. The molecule has 0 saturated carbocycles. The van der Waals surface area contributed by atoms with Crippen LogP contribution in [-0.2, 0) is 0 Å². The van der Waals surface area contributed by atoms with E-state index < -0.39 is 0 Å². The van der Waals surface area contributed by atoms with Crippen molar-refractivity contribution >= 4 is 39.4 Å². The number of rotatable bonds is 3. The molecular formula is C19H17ClN4S. The summed E-state index contributed by atoms with van der Waals surface area (Å²) in [5.74, 6) is 0.930. The number of thiazole rings is 1. The maximum absolute atomic E-state index is 6.39. The Bertz CT molecular complexity index is 1060. The van der Waals surface area contributed by atoms with E-state index in [1.54, 1.807) is 23.7 Å². The zero-order valence-electron chi connectivity index (χ0n) is 14.2. The van der Waals surface area contributed by atoms with Crippen LogP contribution in [0.4, 0.5) is 11.5 Å². The number of halogens is 1. The van der Waals surface area contributed by atoms with Crippen LogP contribution in [0, 0.1) is 20.8 Å². The summed E-state index contributed by atoms with van der Waals surface area (Å²) in [7, 11) is 0. The van der Waals surface area contributed by atoms with Crippen LogP contribution in [0.3, 0.4) is 0 Å². The van der Waals surface area contributed by atoms with Crippen molar-refractivity contribution in [2.45, 2.75) is 20.8 Å². The molecule has 0 aliphatic rings. The van der Waals surface area contributed by atoms with Gasteiger partial charge in [-0.2, -0.15) is 0 Å². The van der Waals surface area contributed by atoms with Gasteiger partial charge in [0.15, 0.2) is 4.96 Å². The van der Waals surface area contributed by atoms with E-state index in [1.165, 1.54) is 11.1 Å². The first-order chi connectivity index (χ1) is 12.1. The van der Waals surface area contributed by atoms with Gasteiger partial charge in [0.2, 0.25) is 0 Å². The molecule has 6 heteroatoms. The highest BCUT2D eigenvalue weighted by molar-refractivity contribution is 7.15. The molecule has 0 spiro atoms. The summed E-state index contributed by atoms with van der Waals surface area (Å²) in [5.41, 5.74) is 6.33. The van der Waals surface area contributed by atoms with Crippen LogP contribution in [0.25, 0.3) is 16.2 Å². The van der Waals surface area contributed by atoms with Gasteiger partial charge in [-0.1, -0.05) is 29.8 Å². The largest absolute Gasteiger partial charge is 0.339 e. The Hall–Kier alpha value is -2.37. The lowest BCUT2D eigenvalue weighted by atomic mass is 10.1. The zero-order chi connectivity index (χ0) is 17.6. The number of nitrogens with zero attached hydrogens (tertiary/aromatic N) is 3. The second-order valence-electron chi connectivity index (χ2n) is 6.05. The first-order valence-corrected chi connectivity index (χ1v) is 9.21. The van der Waals surface area contributed by atoms with Crippen molar-refractivity contribution in [2.75, 3.05) is 5.32 Å². The normalized spacial score (nSPS) is 11.2. The van der Waals surface area contributed by atoms with Crippen molar-refractivity contribution in [1.29, 1.82) is 0 Å². The monoisotopic (exact) mass is 368 g/mol. The molecule has 0 fully saturated rings. The molecule has 3 heterocycles. The molecule has 25 heavy (non-hydrogen) atoms. The van der Waals surface area contributed by atoms with Gasteiger partial charge in [0, 0.05) is 34.7 Å². The van der Waals surface area contributed by atoms with E-state index in [9.17, 15) is 0 Å². The number of benzene rings is 1. The van der Waals surface area contributed by atoms with E-state index in [-0.39, 0.29) is 0 Å². The van der Waals surface area contributed by atoms with Crippen LogP contribution in [0.1, 0.15) is 16.8 Å². The minimum absolute atomic E-state index is 0.593. The number of imidazole rings is 1. The molecular weight excluding hydrogens is 352 g/mol. The Kier molecular flexibility index (Phi) is 3.98. The molecule has 0 unspecified atom stereocenters.